The molecule has 1 aromatic heterocycles. The van der Waals surface area contributed by atoms with Crippen LogP contribution in [0.5, 0.6) is 5.75 Å². The summed E-state index contributed by atoms with van der Waals surface area (Å²) in [6.45, 7) is 4.00. The average molecular weight is 358 g/mol. The number of hydroxylamine groups is 1. The molecule has 1 aliphatic rings. The standard InChI is InChI=1S/C19H24N3O4/c1-12(2)7-14-11-21(23)18(19(26-4)22(14)24)8-13-10-20-17-6-5-15(25-3)9-16(13)17/h5-6,9-12,18,20H,7-8H2,1-4H3/q+1. The van der Waals surface area contributed by atoms with Crippen LogP contribution in [0.2, 0.25) is 0 Å². The minimum absolute atomic E-state index is 0.121. The van der Waals surface area contributed by atoms with Crippen LogP contribution in [0, 0.1) is 16.0 Å². The monoisotopic (exact) mass is 358 g/mol. The lowest BCUT2D eigenvalue weighted by molar-refractivity contribution is -0.553. The molecule has 3 rings (SSSR count). The van der Waals surface area contributed by atoms with Gasteiger partial charge in [0, 0.05) is 28.4 Å². The van der Waals surface area contributed by atoms with Gasteiger partial charge in [-0.2, -0.15) is 0 Å². The summed E-state index contributed by atoms with van der Waals surface area (Å²) in [6, 6.07) is 5.00. The highest BCUT2D eigenvalue weighted by Crippen LogP contribution is 2.26. The van der Waals surface area contributed by atoms with E-state index in [9.17, 15) is 10.1 Å². The van der Waals surface area contributed by atoms with Gasteiger partial charge >= 0.3 is 11.9 Å². The number of allylic oxidation sites excluding steroid dienone is 1. The average Bonchev–Trinajstić information content (AvgIpc) is 3.01. The maximum atomic E-state index is 12.6. The van der Waals surface area contributed by atoms with Crippen molar-refractivity contribution in [1.82, 2.24) is 4.98 Å². The second-order valence-electron chi connectivity index (χ2n) is 6.86. The number of methoxy groups -OCH3 is 2. The third kappa shape index (κ3) is 3.29. The van der Waals surface area contributed by atoms with Crippen molar-refractivity contribution in [2.45, 2.75) is 32.7 Å². The van der Waals surface area contributed by atoms with Gasteiger partial charge in [0.15, 0.2) is 0 Å². The van der Waals surface area contributed by atoms with E-state index in [0.717, 1.165) is 31.7 Å². The van der Waals surface area contributed by atoms with Crippen LogP contribution in [0.4, 0.5) is 0 Å². The molecule has 138 valence electrons. The summed E-state index contributed by atoms with van der Waals surface area (Å²) in [4.78, 5) is 15.8. The maximum absolute atomic E-state index is 12.6. The summed E-state index contributed by atoms with van der Waals surface area (Å²) >= 11 is 0. The van der Waals surface area contributed by atoms with E-state index in [2.05, 4.69) is 4.98 Å². The number of ether oxygens (including phenoxy) is 2. The Morgan fingerprint density at radius 1 is 1.27 bits per heavy atom. The Balaban J connectivity index is 1.95. The fourth-order valence-electron chi connectivity index (χ4n) is 3.29. The summed E-state index contributed by atoms with van der Waals surface area (Å²) < 4.78 is 12.2. The van der Waals surface area contributed by atoms with Gasteiger partial charge in [0.25, 0.3) is 11.9 Å². The van der Waals surface area contributed by atoms with Gasteiger partial charge < -0.3 is 19.7 Å². The fourth-order valence-corrected chi connectivity index (χ4v) is 3.29. The molecule has 0 spiro atoms. The molecular weight excluding hydrogens is 334 g/mol. The number of benzene rings is 1. The van der Waals surface area contributed by atoms with Crippen molar-refractivity contribution in [3.63, 3.8) is 0 Å². The lowest BCUT2D eigenvalue weighted by Crippen LogP contribution is -2.42. The first-order valence-electron chi connectivity index (χ1n) is 8.62. The number of hydrogen-bond donors (Lipinski definition) is 1. The van der Waals surface area contributed by atoms with Crippen molar-refractivity contribution >= 4 is 16.8 Å². The van der Waals surface area contributed by atoms with Gasteiger partial charge in [-0.15, -0.1) is 4.74 Å². The summed E-state index contributed by atoms with van der Waals surface area (Å²) in [7, 11) is 3.04. The molecule has 7 heteroatoms. The molecule has 1 unspecified atom stereocenters. The van der Waals surface area contributed by atoms with Crippen LogP contribution in [-0.4, -0.2) is 40.6 Å². The third-order valence-corrected chi connectivity index (χ3v) is 4.54. The molecule has 2 heterocycles. The van der Waals surface area contributed by atoms with Crippen LogP contribution in [0.1, 0.15) is 25.8 Å². The number of nitrogens with zero attached hydrogens (tertiary/aromatic N) is 2. The summed E-state index contributed by atoms with van der Waals surface area (Å²) in [5.74, 6) is 1.12. The second kappa shape index (κ2) is 7.19. The number of hydrogen-bond acceptors (Lipinski definition) is 4. The van der Waals surface area contributed by atoms with E-state index in [1.165, 1.54) is 13.3 Å². The number of aromatic amines is 1. The van der Waals surface area contributed by atoms with Crippen molar-refractivity contribution < 1.29 is 19.0 Å². The fraction of sp³-hybridized carbons (Fsp3) is 0.421. The lowest BCUT2D eigenvalue weighted by Gasteiger charge is -2.17. The Labute approximate surface area is 152 Å². The number of H-pyrrole nitrogens is 1. The highest BCUT2D eigenvalue weighted by molar-refractivity contribution is 5.86. The Morgan fingerprint density at radius 2 is 2.04 bits per heavy atom. The summed E-state index contributed by atoms with van der Waals surface area (Å²) in [5, 5.41) is 13.6. The Morgan fingerprint density at radius 3 is 2.69 bits per heavy atom. The maximum Gasteiger partial charge on any atom is 0.429 e. The molecule has 1 atom stereocenters. The molecule has 0 radical (unpaired) electrons. The van der Waals surface area contributed by atoms with E-state index >= 15 is 0 Å². The van der Waals surface area contributed by atoms with Gasteiger partial charge in [0.1, 0.15) is 5.75 Å². The van der Waals surface area contributed by atoms with Crippen molar-refractivity contribution in [2.75, 3.05) is 14.2 Å². The number of nitrogens with one attached hydrogen (secondary N) is 1. The van der Waals surface area contributed by atoms with Crippen LogP contribution in [0.3, 0.4) is 0 Å². The SMILES string of the molecule is COC1=[N+]([O-])C(CC(C)C)=C[N+](=O)C1Cc1c[nH]c2ccc(OC)cc12. The number of aromatic nitrogens is 1. The molecule has 0 amide bonds. The molecule has 7 nitrogen and oxygen atoms in total. The number of rotatable bonds is 5. The molecule has 1 aromatic carbocycles. The molecule has 0 saturated heterocycles. The van der Waals surface area contributed by atoms with Gasteiger partial charge in [0.05, 0.1) is 25.4 Å². The molecule has 0 bridgehead atoms. The summed E-state index contributed by atoms with van der Waals surface area (Å²) in [6.07, 6.45) is 4.11. The van der Waals surface area contributed by atoms with Gasteiger partial charge in [-0.25, -0.2) is 0 Å². The van der Waals surface area contributed by atoms with Crippen molar-refractivity contribution in [1.29, 1.82) is 0 Å². The number of fused-ring (bicyclic) bond motifs is 1. The van der Waals surface area contributed by atoms with Crippen molar-refractivity contribution in [3.8, 4) is 5.75 Å². The van der Waals surface area contributed by atoms with E-state index in [0.29, 0.717) is 18.5 Å². The van der Waals surface area contributed by atoms with Crippen molar-refractivity contribution in [2.24, 2.45) is 5.92 Å². The molecule has 1 aliphatic heterocycles. The molecule has 0 aliphatic carbocycles. The molecule has 0 saturated carbocycles. The first-order valence-corrected chi connectivity index (χ1v) is 8.62. The zero-order chi connectivity index (χ0) is 18.8. The van der Waals surface area contributed by atoms with E-state index in [1.807, 2.05) is 38.2 Å². The molecule has 26 heavy (non-hydrogen) atoms. The quantitative estimate of drug-likeness (QED) is 0.657. The highest BCUT2D eigenvalue weighted by atomic mass is 16.5. The van der Waals surface area contributed by atoms with Crippen LogP contribution in [-0.2, 0) is 11.2 Å². The highest BCUT2D eigenvalue weighted by Gasteiger charge is 2.44. The zero-order valence-electron chi connectivity index (χ0n) is 15.5. The second-order valence-corrected chi connectivity index (χ2v) is 6.86. The largest absolute Gasteiger partial charge is 0.616 e. The van der Waals surface area contributed by atoms with E-state index < -0.39 is 6.04 Å². The lowest BCUT2D eigenvalue weighted by atomic mass is 10.0. The first-order chi connectivity index (χ1) is 12.4. The van der Waals surface area contributed by atoms with E-state index in [1.54, 1.807) is 7.11 Å². The summed E-state index contributed by atoms with van der Waals surface area (Å²) in [5.41, 5.74) is 2.29. The predicted octanol–water partition coefficient (Wildman–Crippen LogP) is 3.32. The van der Waals surface area contributed by atoms with Crippen molar-refractivity contribution in [3.05, 3.63) is 52.0 Å². The van der Waals surface area contributed by atoms with Crippen LogP contribution >= 0.6 is 0 Å². The first kappa shape index (κ1) is 18.0. The zero-order valence-corrected chi connectivity index (χ0v) is 15.5. The Kier molecular flexibility index (Phi) is 4.97. The molecular formula is C19H24N3O4+. The topological polar surface area (TPSA) is 80.4 Å². The van der Waals surface area contributed by atoms with Gasteiger partial charge in [-0.1, -0.05) is 13.8 Å². The van der Waals surface area contributed by atoms with Crippen LogP contribution in [0.15, 0.2) is 36.3 Å². The third-order valence-electron chi connectivity index (χ3n) is 4.54. The van der Waals surface area contributed by atoms with E-state index in [-0.39, 0.29) is 11.8 Å². The smallest absolute Gasteiger partial charge is 0.429 e. The number of nitroso groups, excluding NO2 is 1. The minimum atomic E-state index is -0.710. The molecule has 1 N–H and O–H groups in total. The minimum Gasteiger partial charge on any atom is -0.616 e. The van der Waals surface area contributed by atoms with Crippen LogP contribution < -0.4 is 4.74 Å². The van der Waals surface area contributed by atoms with Gasteiger partial charge in [-0.05, 0) is 29.7 Å². The van der Waals surface area contributed by atoms with Gasteiger partial charge in [-0.3, -0.25) is 0 Å². The molecule has 2 aromatic rings. The van der Waals surface area contributed by atoms with E-state index in [4.69, 9.17) is 9.47 Å². The Bertz CT molecular complexity index is 895. The van der Waals surface area contributed by atoms with Gasteiger partial charge in [0.2, 0.25) is 0 Å². The predicted molar refractivity (Wildman–Crippen MR) is 99.2 cm³/mol. The Hall–Kier alpha value is -2.83. The molecule has 0 fully saturated rings. The van der Waals surface area contributed by atoms with Crippen LogP contribution in [0.25, 0.3) is 10.9 Å². The normalized spacial score (nSPS) is 17.8.